The van der Waals surface area contributed by atoms with Crippen molar-refractivity contribution in [3.05, 3.63) is 46.1 Å². The van der Waals surface area contributed by atoms with E-state index >= 15 is 0 Å². The summed E-state index contributed by atoms with van der Waals surface area (Å²) < 4.78 is 0. The largest absolute Gasteiger partial charge is 0.368 e. The van der Waals surface area contributed by atoms with Gasteiger partial charge < -0.3 is 16.4 Å². The van der Waals surface area contributed by atoms with Crippen molar-refractivity contribution in [2.45, 2.75) is 32.2 Å². The number of nitrogens with zero attached hydrogens (tertiary/aromatic N) is 2. The number of hydrogen-bond acceptors (Lipinski definition) is 5. The Hall–Kier alpha value is -1.56. The Bertz CT molecular complexity index is 717. The number of nitrogens with two attached hydrogens (primary N) is 1. The lowest BCUT2D eigenvalue weighted by atomic mass is 9.82. The van der Waals surface area contributed by atoms with Gasteiger partial charge in [-0.15, -0.1) is 0 Å². The monoisotopic (exact) mass is 393 g/mol. The van der Waals surface area contributed by atoms with Gasteiger partial charge in [-0.1, -0.05) is 41.4 Å². The third kappa shape index (κ3) is 5.22. The van der Waals surface area contributed by atoms with E-state index in [9.17, 15) is 0 Å². The SMILES string of the molecule is NCC1CCC(CNc2nc(NCc3ccccc3Cl)ncc2Cl)CC1. The Kier molecular flexibility index (Phi) is 6.94. The molecule has 1 heterocycles. The van der Waals surface area contributed by atoms with Crippen molar-refractivity contribution in [2.75, 3.05) is 23.7 Å². The molecule has 1 aromatic carbocycles. The molecule has 2 aromatic rings. The lowest BCUT2D eigenvalue weighted by Crippen LogP contribution is -2.25. The Labute approximate surface area is 164 Å². The van der Waals surface area contributed by atoms with Crippen molar-refractivity contribution in [3.8, 4) is 0 Å². The molecule has 5 nitrogen and oxygen atoms in total. The van der Waals surface area contributed by atoms with Crippen LogP contribution in [0.3, 0.4) is 0 Å². The van der Waals surface area contributed by atoms with Crippen molar-refractivity contribution in [1.29, 1.82) is 0 Å². The summed E-state index contributed by atoms with van der Waals surface area (Å²) in [5.74, 6) is 2.53. The van der Waals surface area contributed by atoms with E-state index in [0.29, 0.717) is 35.2 Å². The van der Waals surface area contributed by atoms with Crippen LogP contribution in [0.2, 0.25) is 10.0 Å². The normalized spacial score (nSPS) is 20.0. The molecule has 1 saturated carbocycles. The summed E-state index contributed by atoms with van der Waals surface area (Å²) in [4.78, 5) is 8.75. The van der Waals surface area contributed by atoms with Crippen LogP contribution in [0.4, 0.5) is 11.8 Å². The molecule has 1 fully saturated rings. The van der Waals surface area contributed by atoms with Crippen molar-refractivity contribution < 1.29 is 0 Å². The summed E-state index contributed by atoms with van der Waals surface area (Å²) in [7, 11) is 0. The van der Waals surface area contributed by atoms with Crippen LogP contribution >= 0.6 is 23.2 Å². The first-order valence-corrected chi connectivity index (χ1v) is 9.85. The standard InChI is InChI=1S/C19H25Cl2N5/c20-16-4-2-1-3-15(16)11-24-19-25-12-17(21)18(26-19)23-10-14-7-5-13(9-22)6-8-14/h1-4,12-14H,5-11,22H2,(H2,23,24,25,26). The molecule has 7 heteroatoms. The second kappa shape index (κ2) is 9.40. The van der Waals surface area contributed by atoms with Crippen LogP contribution in [0.5, 0.6) is 0 Å². The van der Waals surface area contributed by atoms with Gasteiger partial charge in [0.15, 0.2) is 0 Å². The molecule has 0 unspecified atom stereocenters. The Balaban J connectivity index is 1.55. The number of aromatic nitrogens is 2. The number of anilines is 2. The quantitative estimate of drug-likeness (QED) is 0.641. The molecule has 1 aromatic heterocycles. The van der Waals surface area contributed by atoms with Gasteiger partial charge in [0.2, 0.25) is 5.95 Å². The molecule has 3 rings (SSSR count). The predicted octanol–water partition coefficient (Wildman–Crippen LogP) is 4.57. The first-order valence-electron chi connectivity index (χ1n) is 9.09. The summed E-state index contributed by atoms with van der Waals surface area (Å²) in [6.07, 6.45) is 6.46. The van der Waals surface area contributed by atoms with Crippen molar-refractivity contribution >= 4 is 35.0 Å². The number of rotatable bonds is 7. The van der Waals surface area contributed by atoms with E-state index in [2.05, 4.69) is 20.6 Å². The summed E-state index contributed by atoms with van der Waals surface area (Å²) in [6.45, 7) is 2.24. The molecule has 0 aliphatic heterocycles. The fourth-order valence-electron chi connectivity index (χ4n) is 3.30. The Morgan fingerprint density at radius 2 is 1.73 bits per heavy atom. The highest BCUT2D eigenvalue weighted by molar-refractivity contribution is 6.32. The number of benzene rings is 1. The average molecular weight is 394 g/mol. The minimum absolute atomic E-state index is 0.531. The zero-order valence-corrected chi connectivity index (χ0v) is 16.2. The van der Waals surface area contributed by atoms with Gasteiger partial charge in [-0.2, -0.15) is 4.98 Å². The van der Waals surface area contributed by atoms with Crippen LogP contribution in [-0.4, -0.2) is 23.1 Å². The summed E-state index contributed by atoms with van der Waals surface area (Å²) in [6, 6.07) is 7.71. The summed E-state index contributed by atoms with van der Waals surface area (Å²) in [5, 5.41) is 7.84. The van der Waals surface area contributed by atoms with Crippen LogP contribution in [-0.2, 0) is 6.54 Å². The topological polar surface area (TPSA) is 75.9 Å². The van der Waals surface area contributed by atoms with Crippen LogP contribution in [0.15, 0.2) is 30.5 Å². The van der Waals surface area contributed by atoms with Gasteiger partial charge in [0.25, 0.3) is 0 Å². The highest BCUT2D eigenvalue weighted by atomic mass is 35.5. The second-order valence-electron chi connectivity index (χ2n) is 6.84. The molecule has 0 amide bonds. The zero-order chi connectivity index (χ0) is 18.4. The van der Waals surface area contributed by atoms with Gasteiger partial charge in [-0.05, 0) is 55.7 Å². The van der Waals surface area contributed by atoms with Crippen molar-refractivity contribution in [1.82, 2.24) is 9.97 Å². The molecule has 0 atom stereocenters. The molecule has 0 radical (unpaired) electrons. The maximum Gasteiger partial charge on any atom is 0.224 e. The van der Waals surface area contributed by atoms with Crippen molar-refractivity contribution in [2.24, 2.45) is 17.6 Å². The van der Waals surface area contributed by atoms with E-state index in [-0.39, 0.29) is 0 Å². The fraction of sp³-hybridized carbons (Fsp3) is 0.474. The summed E-state index contributed by atoms with van der Waals surface area (Å²) >= 11 is 12.4. The molecular weight excluding hydrogens is 369 g/mol. The maximum absolute atomic E-state index is 6.25. The molecule has 4 N–H and O–H groups in total. The Morgan fingerprint density at radius 3 is 2.46 bits per heavy atom. The summed E-state index contributed by atoms with van der Waals surface area (Å²) in [5.41, 5.74) is 6.76. The van der Waals surface area contributed by atoms with Gasteiger partial charge in [-0.3, -0.25) is 0 Å². The third-order valence-electron chi connectivity index (χ3n) is 5.00. The molecule has 26 heavy (non-hydrogen) atoms. The number of hydrogen-bond donors (Lipinski definition) is 3. The van der Waals surface area contributed by atoms with Crippen LogP contribution in [0, 0.1) is 11.8 Å². The number of halogens is 2. The van der Waals surface area contributed by atoms with E-state index in [4.69, 9.17) is 28.9 Å². The highest BCUT2D eigenvalue weighted by Crippen LogP contribution is 2.29. The smallest absolute Gasteiger partial charge is 0.224 e. The fourth-order valence-corrected chi connectivity index (χ4v) is 3.67. The molecule has 1 aliphatic rings. The van der Waals surface area contributed by atoms with E-state index in [0.717, 1.165) is 23.7 Å². The Morgan fingerprint density at radius 1 is 1.00 bits per heavy atom. The van der Waals surface area contributed by atoms with E-state index in [1.165, 1.54) is 25.7 Å². The van der Waals surface area contributed by atoms with Crippen LogP contribution < -0.4 is 16.4 Å². The predicted molar refractivity (Wildman–Crippen MR) is 109 cm³/mol. The zero-order valence-electron chi connectivity index (χ0n) is 14.7. The molecule has 1 aliphatic carbocycles. The first-order chi connectivity index (χ1) is 12.7. The van der Waals surface area contributed by atoms with Gasteiger partial charge in [-0.25, -0.2) is 4.98 Å². The molecular formula is C19H25Cl2N5. The first kappa shape index (κ1) is 19.2. The highest BCUT2D eigenvalue weighted by Gasteiger charge is 2.20. The van der Waals surface area contributed by atoms with Gasteiger partial charge >= 0.3 is 0 Å². The third-order valence-corrected chi connectivity index (χ3v) is 5.64. The molecule has 0 spiro atoms. The molecule has 0 saturated heterocycles. The minimum atomic E-state index is 0.531. The van der Waals surface area contributed by atoms with Crippen LogP contribution in [0.25, 0.3) is 0 Å². The molecule has 140 valence electrons. The maximum atomic E-state index is 6.25. The van der Waals surface area contributed by atoms with Gasteiger partial charge in [0.1, 0.15) is 10.8 Å². The van der Waals surface area contributed by atoms with E-state index in [1.54, 1.807) is 6.20 Å². The lowest BCUT2D eigenvalue weighted by Gasteiger charge is -2.27. The minimum Gasteiger partial charge on any atom is -0.368 e. The molecule has 0 bridgehead atoms. The van der Waals surface area contributed by atoms with Crippen molar-refractivity contribution in [3.63, 3.8) is 0 Å². The van der Waals surface area contributed by atoms with Gasteiger partial charge in [0.05, 0.1) is 6.20 Å². The number of nitrogens with one attached hydrogen (secondary N) is 2. The second-order valence-corrected chi connectivity index (χ2v) is 7.65. The van der Waals surface area contributed by atoms with Crippen LogP contribution in [0.1, 0.15) is 31.2 Å². The lowest BCUT2D eigenvalue weighted by molar-refractivity contribution is 0.289. The van der Waals surface area contributed by atoms with Gasteiger partial charge in [0, 0.05) is 18.1 Å². The average Bonchev–Trinajstić information content (AvgIpc) is 2.68. The van der Waals surface area contributed by atoms with E-state index in [1.807, 2.05) is 24.3 Å². The van der Waals surface area contributed by atoms with E-state index < -0.39 is 0 Å².